The maximum Gasteiger partial charge on any atom is 0.333 e. The zero-order valence-corrected chi connectivity index (χ0v) is 15.6. The van der Waals surface area contributed by atoms with Gasteiger partial charge in [-0.25, -0.2) is 19.2 Å². The van der Waals surface area contributed by atoms with Crippen LogP contribution in [0.2, 0.25) is 0 Å². The SMILES string of the molecule is C=C(C)C(=O)O.C=C(C)C(=O)O.C=C(C)C(=O)OCCOC(=O)C(=C)C. The quantitative estimate of drug-likeness (QED) is 0.397. The highest BCUT2D eigenvalue weighted by molar-refractivity contribution is 5.87. The maximum atomic E-state index is 10.8. The Morgan fingerprint density at radius 3 is 0.923 bits per heavy atom. The molecule has 0 aromatic rings. The Labute approximate surface area is 153 Å². The Hall–Kier alpha value is -3.16. The van der Waals surface area contributed by atoms with Crippen LogP contribution in [0, 0.1) is 0 Å². The van der Waals surface area contributed by atoms with E-state index in [1.807, 2.05) is 0 Å². The fourth-order valence-electron chi connectivity index (χ4n) is 0.515. The standard InChI is InChI=1S/C10H14O4.2C4H6O2/c1-7(2)9(11)13-5-6-14-10(12)8(3)4;2*1-3(2)4(5)6/h1,3,5-6H2,2,4H3;2*1H2,2H3,(H,5,6). The van der Waals surface area contributed by atoms with Gasteiger partial charge in [0.1, 0.15) is 13.2 Å². The molecule has 0 rings (SSSR count). The topological polar surface area (TPSA) is 127 Å². The molecule has 146 valence electrons. The van der Waals surface area contributed by atoms with Crippen LogP contribution in [0.15, 0.2) is 48.6 Å². The van der Waals surface area contributed by atoms with E-state index in [2.05, 4.69) is 35.8 Å². The van der Waals surface area contributed by atoms with Crippen molar-refractivity contribution in [3.05, 3.63) is 48.6 Å². The summed E-state index contributed by atoms with van der Waals surface area (Å²) in [5, 5.41) is 15.8. The van der Waals surface area contributed by atoms with Crippen molar-refractivity contribution in [3.8, 4) is 0 Å². The van der Waals surface area contributed by atoms with Crippen LogP contribution in [0.25, 0.3) is 0 Å². The summed E-state index contributed by atoms with van der Waals surface area (Å²) in [6.07, 6.45) is 0. The van der Waals surface area contributed by atoms with E-state index in [0.29, 0.717) is 11.1 Å². The normalized spacial score (nSPS) is 8.31. The summed E-state index contributed by atoms with van der Waals surface area (Å²) in [5.74, 6) is -2.85. The number of carbonyl (C=O) groups is 4. The van der Waals surface area contributed by atoms with Crippen LogP contribution in [0.4, 0.5) is 0 Å². The first-order valence-electron chi connectivity index (χ1n) is 7.16. The molecule has 0 bridgehead atoms. The lowest BCUT2D eigenvalue weighted by Gasteiger charge is -2.05. The summed E-state index contributed by atoms with van der Waals surface area (Å²) in [5.41, 5.74) is 0.984. The first kappa shape index (κ1) is 27.7. The number of ether oxygens (including phenoxy) is 2. The van der Waals surface area contributed by atoms with Crippen molar-refractivity contribution in [2.75, 3.05) is 13.2 Å². The number of hydrogen-bond donors (Lipinski definition) is 2. The minimum Gasteiger partial charge on any atom is -0.478 e. The Morgan fingerprint density at radius 2 is 0.808 bits per heavy atom. The zero-order chi connectivity index (χ0) is 21.4. The van der Waals surface area contributed by atoms with Crippen LogP contribution in [0.1, 0.15) is 27.7 Å². The second-order valence-corrected chi connectivity index (χ2v) is 5.00. The fourth-order valence-corrected chi connectivity index (χ4v) is 0.515. The Morgan fingerprint density at radius 1 is 0.615 bits per heavy atom. The second-order valence-electron chi connectivity index (χ2n) is 5.00. The molecule has 0 amide bonds. The summed E-state index contributed by atoms with van der Waals surface area (Å²) in [4.78, 5) is 40.9. The smallest absolute Gasteiger partial charge is 0.333 e. The fraction of sp³-hybridized carbons (Fsp3) is 0.333. The van der Waals surface area contributed by atoms with Gasteiger partial charge >= 0.3 is 23.9 Å². The monoisotopic (exact) mass is 370 g/mol. The van der Waals surface area contributed by atoms with Crippen molar-refractivity contribution >= 4 is 23.9 Å². The average molecular weight is 370 g/mol. The summed E-state index contributed by atoms with van der Waals surface area (Å²) in [6, 6.07) is 0. The molecule has 2 N–H and O–H groups in total. The molecule has 0 heterocycles. The minimum absolute atomic E-state index is 0.0325. The molecule has 0 fully saturated rings. The number of esters is 2. The molecular formula is C18H26O8. The molecule has 8 nitrogen and oxygen atoms in total. The third kappa shape index (κ3) is 20.8. The van der Waals surface area contributed by atoms with Crippen molar-refractivity contribution in [2.24, 2.45) is 0 Å². The molecule has 0 saturated heterocycles. The molecule has 0 aliphatic carbocycles. The van der Waals surface area contributed by atoms with Gasteiger partial charge in [-0.2, -0.15) is 0 Å². The number of hydrogen-bond acceptors (Lipinski definition) is 6. The zero-order valence-electron chi connectivity index (χ0n) is 15.6. The molecule has 0 saturated carbocycles. The van der Waals surface area contributed by atoms with E-state index in [9.17, 15) is 19.2 Å². The summed E-state index contributed by atoms with van der Waals surface area (Å²) >= 11 is 0. The minimum atomic E-state index is -0.935. The van der Waals surface area contributed by atoms with Gasteiger partial charge in [-0.3, -0.25) is 0 Å². The predicted octanol–water partition coefficient (Wildman–Crippen LogP) is 2.52. The summed E-state index contributed by atoms with van der Waals surface area (Å²) < 4.78 is 9.38. The molecule has 0 aromatic heterocycles. The van der Waals surface area contributed by atoms with E-state index in [4.69, 9.17) is 10.2 Å². The predicted molar refractivity (Wildman–Crippen MR) is 96.4 cm³/mol. The van der Waals surface area contributed by atoms with Crippen molar-refractivity contribution in [3.63, 3.8) is 0 Å². The van der Waals surface area contributed by atoms with E-state index < -0.39 is 23.9 Å². The Balaban J connectivity index is -0.000000364. The molecule has 0 aliphatic heterocycles. The molecule has 26 heavy (non-hydrogen) atoms. The van der Waals surface area contributed by atoms with Gasteiger partial charge in [-0.05, 0) is 27.7 Å². The molecule has 0 radical (unpaired) electrons. The van der Waals surface area contributed by atoms with Crippen LogP contribution < -0.4 is 0 Å². The Kier molecular flexibility index (Phi) is 16.4. The van der Waals surface area contributed by atoms with Gasteiger partial charge < -0.3 is 19.7 Å². The van der Waals surface area contributed by atoms with Gasteiger partial charge in [0, 0.05) is 22.3 Å². The van der Waals surface area contributed by atoms with Gasteiger partial charge in [-0.15, -0.1) is 0 Å². The highest BCUT2D eigenvalue weighted by Crippen LogP contribution is 1.94. The molecule has 0 spiro atoms. The van der Waals surface area contributed by atoms with Crippen LogP contribution >= 0.6 is 0 Å². The molecule has 8 heteroatoms. The lowest BCUT2D eigenvalue weighted by atomic mass is 10.4. The number of carboxylic acids is 2. The van der Waals surface area contributed by atoms with Crippen LogP contribution in [0.3, 0.4) is 0 Å². The van der Waals surface area contributed by atoms with Crippen molar-refractivity contribution in [1.82, 2.24) is 0 Å². The van der Waals surface area contributed by atoms with Gasteiger partial charge in [0.25, 0.3) is 0 Å². The molecule has 0 aliphatic rings. The molecular weight excluding hydrogens is 344 g/mol. The van der Waals surface area contributed by atoms with E-state index in [-0.39, 0.29) is 24.4 Å². The number of carboxylic acid groups (broad SMARTS) is 2. The lowest BCUT2D eigenvalue weighted by Crippen LogP contribution is -2.14. The average Bonchev–Trinajstić information content (AvgIpc) is 2.51. The van der Waals surface area contributed by atoms with E-state index >= 15 is 0 Å². The number of carbonyl (C=O) groups excluding carboxylic acids is 2. The van der Waals surface area contributed by atoms with Gasteiger partial charge in [0.15, 0.2) is 0 Å². The second kappa shape index (κ2) is 15.4. The molecule has 0 aromatic carbocycles. The van der Waals surface area contributed by atoms with Crippen LogP contribution in [-0.4, -0.2) is 47.3 Å². The summed E-state index contributed by atoms with van der Waals surface area (Å²) in [7, 11) is 0. The highest BCUT2D eigenvalue weighted by Gasteiger charge is 2.05. The lowest BCUT2D eigenvalue weighted by molar-refractivity contribution is -0.147. The Bertz CT molecular complexity index is 508. The maximum absolute atomic E-state index is 10.8. The van der Waals surface area contributed by atoms with Crippen LogP contribution in [-0.2, 0) is 28.7 Å². The van der Waals surface area contributed by atoms with Crippen molar-refractivity contribution in [2.45, 2.75) is 27.7 Å². The third-order valence-electron chi connectivity index (χ3n) is 1.98. The summed E-state index contributed by atoms with van der Waals surface area (Å²) in [6.45, 7) is 19.2. The van der Waals surface area contributed by atoms with Crippen LogP contribution in [0.5, 0.6) is 0 Å². The van der Waals surface area contributed by atoms with Gasteiger partial charge in [-0.1, -0.05) is 26.3 Å². The molecule has 0 atom stereocenters. The first-order chi connectivity index (χ1) is 11.7. The van der Waals surface area contributed by atoms with Crippen molar-refractivity contribution in [1.29, 1.82) is 0 Å². The van der Waals surface area contributed by atoms with Crippen molar-refractivity contribution < 1.29 is 38.9 Å². The number of aliphatic carboxylic acids is 2. The number of rotatable bonds is 7. The van der Waals surface area contributed by atoms with E-state index in [1.165, 1.54) is 13.8 Å². The van der Waals surface area contributed by atoms with Gasteiger partial charge in [0.2, 0.25) is 0 Å². The van der Waals surface area contributed by atoms with E-state index in [0.717, 1.165) is 0 Å². The van der Waals surface area contributed by atoms with Gasteiger partial charge in [0.05, 0.1) is 0 Å². The van der Waals surface area contributed by atoms with E-state index in [1.54, 1.807) is 13.8 Å². The molecule has 0 unspecified atom stereocenters. The largest absolute Gasteiger partial charge is 0.478 e. The first-order valence-corrected chi connectivity index (χ1v) is 7.16. The third-order valence-corrected chi connectivity index (χ3v) is 1.98. The highest BCUT2D eigenvalue weighted by atomic mass is 16.6.